The van der Waals surface area contributed by atoms with Gasteiger partial charge in [-0.2, -0.15) is 4.39 Å². The Bertz CT molecular complexity index is 1590. The van der Waals surface area contributed by atoms with E-state index in [1.54, 1.807) is 6.08 Å². The molecule has 1 aromatic heterocycles. The van der Waals surface area contributed by atoms with Crippen LogP contribution in [0.15, 0.2) is 64.6 Å². The number of aromatic nitrogens is 1. The van der Waals surface area contributed by atoms with Gasteiger partial charge in [0.15, 0.2) is 12.4 Å². The number of fused-ring (bicyclic) bond motifs is 7. The van der Waals surface area contributed by atoms with Gasteiger partial charge in [0.1, 0.15) is 0 Å². The van der Waals surface area contributed by atoms with Gasteiger partial charge in [-0.05, 0) is 110 Å². The molecule has 6 rings (SSSR count). The molecule has 0 aromatic carbocycles. The van der Waals surface area contributed by atoms with Crippen molar-refractivity contribution in [1.82, 2.24) is 4.98 Å². The van der Waals surface area contributed by atoms with Crippen LogP contribution in [0.25, 0.3) is 0 Å². The summed E-state index contributed by atoms with van der Waals surface area (Å²) in [5.41, 5.74) is 3.08. The molecule has 0 unspecified atom stereocenters. The van der Waals surface area contributed by atoms with Crippen molar-refractivity contribution in [3.8, 4) is 0 Å². The lowest BCUT2D eigenvalue weighted by molar-refractivity contribution is -0.182. The third-order valence-electron chi connectivity index (χ3n) is 12.7. The van der Waals surface area contributed by atoms with Crippen LogP contribution in [0.2, 0.25) is 0 Å². The highest BCUT2D eigenvalue weighted by Gasteiger charge is 2.67. The highest BCUT2D eigenvalue weighted by Crippen LogP contribution is 2.75. The molecule has 1 heterocycles. The Morgan fingerprint density at radius 2 is 1.77 bits per heavy atom. The Kier molecular flexibility index (Phi) is 6.91. The number of anilines is 1. The molecule has 0 spiro atoms. The molecule has 44 heavy (non-hydrogen) atoms. The monoisotopic (exact) mass is 602 g/mol. The predicted octanol–water partition coefficient (Wildman–Crippen LogP) is 7.33. The number of carbonyl (C=O) groups excluding carboxylic acids is 3. The van der Waals surface area contributed by atoms with E-state index in [0.717, 1.165) is 49.3 Å². The van der Waals surface area contributed by atoms with Gasteiger partial charge >= 0.3 is 5.97 Å². The second-order valence-corrected chi connectivity index (χ2v) is 15.1. The summed E-state index contributed by atoms with van der Waals surface area (Å²) >= 11 is 0. The topological polar surface area (TPSA) is 106 Å². The number of rotatable bonds is 4. The summed E-state index contributed by atoms with van der Waals surface area (Å²) in [4.78, 5) is 42.4. The largest absolute Gasteiger partial charge is 0.504 e. The number of nitrogens with zero attached hydrogens (tertiary/aromatic N) is 1. The lowest BCUT2D eigenvalue weighted by atomic mass is 9.34. The quantitative estimate of drug-likeness (QED) is 0.276. The zero-order valence-electron chi connectivity index (χ0n) is 26.6. The fourth-order valence-electron chi connectivity index (χ4n) is 9.59. The first-order valence-electron chi connectivity index (χ1n) is 15.8. The van der Waals surface area contributed by atoms with Crippen molar-refractivity contribution in [2.24, 2.45) is 33.0 Å². The molecule has 2 N–H and O–H groups in total. The van der Waals surface area contributed by atoms with Gasteiger partial charge in [-0.3, -0.25) is 14.4 Å². The van der Waals surface area contributed by atoms with Gasteiger partial charge in [0, 0.05) is 11.0 Å². The number of aliphatic hydroxyl groups is 1. The average molecular weight is 603 g/mol. The fourth-order valence-corrected chi connectivity index (χ4v) is 9.59. The van der Waals surface area contributed by atoms with Crippen LogP contribution in [0.3, 0.4) is 0 Å². The molecule has 6 atom stereocenters. The van der Waals surface area contributed by atoms with Crippen LogP contribution in [0.4, 0.5) is 10.1 Å². The van der Waals surface area contributed by atoms with Gasteiger partial charge in [-0.1, -0.05) is 45.4 Å². The van der Waals surface area contributed by atoms with Crippen LogP contribution in [-0.2, 0) is 19.1 Å². The van der Waals surface area contributed by atoms with Crippen molar-refractivity contribution >= 4 is 23.3 Å². The number of ketones is 1. The van der Waals surface area contributed by atoms with Crippen molar-refractivity contribution < 1.29 is 28.6 Å². The summed E-state index contributed by atoms with van der Waals surface area (Å²) in [5, 5.41) is 13.0. The maximum Gasteiger partial charge on any atom is 0.312 e. The Hall–Kier alpha value is -3.55. The number of allylic oxidation sites excluding steroid dienone is 7. The Labute approximate surface area is 258 Å². The van der Waals surface area contributed by atoms with Crippen molar-refractivity contribution in [3.05, 3.63) is 70.6 Å². The van der Waals surface area contributed by atoms with E-state index in [1.807, 2.05) is 13.8 Å². The van der Waals surface area contributed by atoms with Gasteiger partial charge in [0.05, 0.1) is 17.3 Å². The van der Waals surface area contributed by atoms with Crippen molar-refractivity contribution in [3.63, 3.8) is 0 Å². The zero-order chi connectivity index (χ0) is 31.9. The van der Waals surface area contributed by atoms with E-state index >= 15 is 0 Å². The molecule has 0 saturated heterocycles. The number of halogens is 1. The Morgan fingerprint density at radius 3 is 2.48 bits per heavy atom. The van der Waals surface area contributed by atoms with Crippen molar-refractivity contribution in [1.29, 1.82) is 0 Å². The van der Waals surface area contributed by atoms with Gasteiger partial charge in [0.2, 0.25) is 11.7 Å². The first kappa shape index (κ1) is 30.5. The summed E-state index contributed by atoms with van der Waals surface area (Å²) in [5.74, 6) is -1.74. The molecule has 5 aliphatic carbocycles. The minimum Gasteiger partial charge on any atom is -0.504 e. The molecule has 8 heteroatoms. The average Bonchev–Trinajstić information content (AvgIpc) is 2.98. The third-order valence-corrected chi connectivity index (χ3v) is 12.7. The molecule has 1 aromatic rings. The van der Waals surface area contributed by atoms with Gasteiger partial charge in [0.25, 0.3) is 5.91 Å². The molecular weight excluding hydrogens is 559 g/mol. The van der Waals surface area contributed by atoms with E-state index in [-0.39, 0.29) is 45.1 Å². The lowest BCUT2D eigenvalue weighted by Crippen LogP contribution is -2.62. The smallest absolute Gasteiger partial charge is 0.312 e. The van der Waals surface area contributed by atoms with E-state index in [9.17, 15) is 23.9 Å². The first-order chi connectivity index (χ1) is 20.6. The standard InChI is InChI=1S/C36H43FN2O5/c1-21-23-8-9-26-34(4,24(23)17-25(40)30(21)42)14-16-36(6)27-18-33(3,12-11-32(27,2)13-15-35(26,36)5)31(43)44-20-29(41)39-22-7-10-28(37)38-19-22/h7-10,17,19,27,42H,11-16,18,20H2,1-6H3,(H,39,41)/t27-,32-,33-,34+,35-,36+/m1/s1. The molecule has 234 valence electrons. The van der Waals surface area contributed by atoms with E-state index in [1.165, 1.54) is 17.8 Å². The lowest BCUT2D eigenvalue weighted by Gasteiger charge is -2.70. The minimum atomic E-state index is -0.727. The number of esters is 1. The molecule has 3 saturated carbocycles. The normalized spacial score (nSPS) is 37.8. The Balaban J connectivity index is 1.25. The number of ether oxygens (including phenoxy) is 1. The second kappa shape index (κ2) is 9.98. The zero-order valence-corrected chi connectivity index (χ0v) is 26.6. The summed E-state index contributed by atoms with van der Waals surface area (Å²) in [6.45, 7) is 12.8. The number of pyridine rings is 1. The van der Waals surface area contributed by atoms with Gasteiger partial charge in [-0.15, -0.1) is 0 Å². The van der Waals surface area contributed by atoms with Crippen molar-refractivity contribution in [2.75, 3.05) is 11.9 Å². The molecular formula is C36H43FN2O5. The van der Waals surface area contributed by atoms with Crippen LogP contribution in [-0.4, -0.2) is 34.4 Å². The number of amides is 1. The molecule has 5 aliphatic rings. The summed E-state index contributed by atoms with van der Waals surface area (Å²) < 4.78 is 18.7. The maximum absolute atomic E-state index is 13.6. The second-order valence-electron chi connectivity index (χ2n) is 15.1. The third kappa shape index (κ3) is 4.34. The predicted molar refractivity (Wildman–Crippen MR) is 165 cm³/mol. The summed E-state index contributed by atoms with van der Waals surface area (Å²) in [6.07, 6.45) is 13.4. The van der Waals surface area contributed by atoms with Crippen LogP contribution in [0.5, 0.6) is 0 Å². The highest BCUT2D eigenvalue weighted by molar-refractivity contribution is 6.06. The Morgan fingerprint density at radius 1 is 1.05 bits per heavy atom. The van der Waals surface area contributed by atoms with Gasteiger partial charge < -0.3 is 15.2 Å². The summed E-state index contributed by atoms with van der Waals surface area (Å²) in [6, 6.07) is 2.56. The van der Waals surface area contributed by atoms with E-state index in [0.29, 0.717) is 24.1 Å². The molecule has 0 bridgehead atoms. The van der Waals surface area contributed by atoms with Crippen molar-refractivity contribution in [2.45, 2.75) is 86.5 Å². The maximum atomic E-state index is 13.6. The van der Waals surface area contributed by atoms with Crippen LogP contribution in [0, 0.1) is 38.9 Å². The molecule has 7 nitrogen and oxygen atoms in total. The minimum absolute atomic E-state index is 0.0795. The number of nitrogens with one attached hydrogen (secondary N) is 1. The van der Waals surface area contributed by atoms with E-state index in [2.05, 4.69) is 50.1 Å². The molecule has 0 aliphatic heterocycles. The molecule has 3 fully saturated rings. The van der Waals surface area contributed by atoms with Crippen LogP contribution >= 0.6 is 0 Å². The number of carbonyl (C=O) groups is 3. The fraction of sp³-hybridized carbons (Fsp3) is 0.556. The van der Waals surface area contributed by atoms with Gasteiger partial charge in [-0.25, -0.2) is 4.98 Å². The molecule has 0 radical (unpaired) electrons. The van der Waals surface area contributed by atoms with Crippen LogP contribution < -0.4 is 5.32 Å². The highest BCUT2D eigenvalue weighted by atomic mass is 19.1. The summed E-state index contributed by atoms with van der Waals surface area (Å²) in [7, 11) is 0. The van der Waals surface area contributed by atoms with E-state index in [4.69, 9.17) is 4.74 Å². The number of hydrogen-bond acceptors (Lipinski definition) is 6. The SMILES string of the molecule is CC1=C(O)C(=O)C=C2C1=CC=C1[C@@]2(C)CC[C@@]2(C)[C@@H]3C[C@](C)(C(=O)OCC(=O)Nc4ccc(F)nc4)CC[C@]3(C)CC[C@]12C. The molecule has 1 amide bonds. The van der Waals surface area contributed by atoms with E-state index < -0.39 is 23.9 Å². The number of hydrogen-bond donors (Lipinski definition) is 2. The van der Waals surface area contributed by atoms with Crippen LogP contribution in [0.1, 0.15) is 86.5 Å². The number of aliphatic hydroxyl groups excluding tert-OH is 1. The first-order valence-corrected chi connectivity index (χ1v) is 15.8.